The maximum atomic E-state index is 12.2. The summed E-state index contributed by atoms with van der Waals surface area (Å²) >= 11 is 6.15. The van der Waals surface area contributed by atoms with Crippen LogP contribution in [-0.4, -0.2) is 30.5 Å². The van der Waals surface area contributed by atoms with Crippen LogP contribution in [0.1, 0.15) is 12.8 Å². The molecule has 1 N–H and O–H groups in total. The summed E-state index contributed by atoms with van der Waals surface area (Å²) < 4.78 is 0. The van der Waals surface area contributed by atoms with Crippen LogP contribution in [0.3, 0.4) is 0 Å². The van der Waals surface area contributed by atoms with Crippen LogP contribution in [0.2, 0.25) is 5.02 Å². The fourth-order valence-electron chi connectivity index (χ4n) is 3.75. The predicted octanol–water partition coefficient (Wildman–Crippen LogP) is 2.85. The Kier molecular flexibility index (Phi) is 3.41. The van der Waals surface area contributed by atoms with Gasteiger partial charge in [-0.15, -0.1) is 0 Å². The van der Waals surface area contributed by atoms with Gasteiger partial charge in [0.2, 0.25) is 5.91 Å². The lowest BCUT2D eigenvalue weighted by molar-refractivity contribution is -0.129. The first-order chi connectivity index (χ1) is 10.7. The summed E-state index contributed by atoms with van der Waals surface area (Å²) in [6, 6.07) is 7.80. The van der Waals surface area contributed by atoms with Crippen LogP contribution in [0.15, 0.2) is 30.5 Å². The number of carbonyl (C=O) groups is 1. The number of nitrogens with zero attached hydrogens (tertiary/aromatic N) is 2. The smallest absolute Gasteiger partial charge is 0.225 e. The van der Waals surface area contributed by atoms with E-state index in [1.54, 1.807) is 0 Å². The summed E-state index contributed by atoms with van der Waals surface area (Å²) in [5, 5.41) is 4.78. The quantitative estimate of drug-likeness (QED) is 0.880. The number of carbonyl (C=O) groups excluding carboxylic acids is 1. The van der Waals surface area contributed by atoms with E-state index in [9.17, 15) is 4.79 Å². The van der Waals surface area contributed by atoms with Crippen LogP contribution in [0.5, 0.6) is 0 Å². The van der Waals surface area contributed by atoms with Crippen molar-refractivity contribution in [3.05, 3.63) is 35.5 Å². The number of hydrogen-bond acceptors (Lipinski definition) is 3. The van der Waals surface area contributed by atoms with Crippen molar-refractivity contribution in [2.24, 2.45) is 11.8 Å². The Hall–Kier alpha value is -1.81. The van der Waals surface area contributed by atoms with Crippen molar-refractivity contribution in [3.63, 3.8) is 0 Å². The highest BCUT2D eigenvalue weighted by atomic mass is 35.5. The number of fused-ring (bicyclic) bond motifs is 2. The minimum absolute atomic E-state index is 0.102. The number of piperidine rings is 2. The molecule has 1 aromatic heterocycles. The minimum Gasteiger partial charge on any atom is -0.370 e. The third kappa shape index (κ3) is 2.31. The molecule has 1 aromatic carbocycles. The van der Waals surface area contributed by atoms with Gasteiger partial charge in [-0.3, -0.25) is 9.78 Å². The molecule has 2 aromatic rings. The lowest BCUT2D eigenvalue weighted by atomic mass is 9.80. The molecule has 2 fully saturated rings. The van der Waals surface area contributed by atoms with E-state index >= 15 is 0 Å². The molecule has 0 saturated carbocycles. The molecule has 5 heteroatoms. The van der Waals surface area contributed by atoms with E-state index in [1.165, 1.54) is 0 Å². The van der Waals surface area contributed by atoms with Crippen LogP contribution in [0.4, 0.5) is 5.69 Å². The Morgan fingerprint density at radius 2 is 2.18 bits per heavy atom. The summed E-state index contributed by atoms with van der Waals surface area (Å²) in [5.74, 6) is 0.837. The first-order valence-corrected chi connectivity index (χ1v) is 8.17. The molecule has 0 radical (unpaired) electrons. The summed E-state index contributed by atoms with van der Waals surface area (Å²) in [6.45, 7) is 2.59. The molecule has 2 aliphatic rings. The van der Waals surface area contributed by atoms with Gasteiger partial charge in [0.05, 0.1) is 11.4 Å². The highest BCUT2D eigenvalue weighted by molar-refractivity contribution is 6.31. The van der Waals surface area contributed by atoms with Crippen LogP contribution in [0, 0.1) is 11.8 Å². The molecule has 4 nitrogen and oxygen atoms in total. The van der Waals surface area contributed by atoms with Crippen molar-refractivity contribution in [3.8, 4) is 0 Å². The number of aromatic nitrogens is 1. The maximum absolute atomic E-state index is 12.2. The van der Waals surface area contributed by atoms with Gasteiger partial charge in [0.15, 0.2) is 0 Å². The average Bonchev–Trinajstić information content (AvgIpc) is 2.54. The summed E-state index contributed by atoms with van der Waals surface area (Å²) in [6.07, 6.45) is 4.01. The maximum Gasteiger partial charge on any atom is 0.225 e. The summed E-state index contributed by atoms with van der Waals surface area (Å²) in [5.41, 5.74) is 2.07. The zero-order valence-electron chi connectivity index (χ0n) is 12.3. The van der Waals surface area contributed by atoms with Gasteiger partial charge in [-0.1, -0.05) is 11.6 Å². The molecular weight excluding hydrogens is 298 g/mol. The largest absolute Gasteiger partial charge is 0.370 e. The Morgan fingerprint density at radius 3 is 3.09 bits per heavy atom. The molecule has 4 rings (SSSR count). The number of rotatable bonds is 1. The van der Waals surface area contributed by atoms with Gasteiger partial charge in [0.1, 0.15) is 0 Å². The zero-order chi connectivity index (χ0) is 15.1. The molecule has 2 saturated heterocycles. The van der Waals surface area contributed by atoms with Crippen molar-refractivity contribution < 1.29 is 4.79 Å². The Morgan fingerprint density at radius 1 is 1.27 bits per heavy atom. The second-order valence-electron chi connectivity index (χ2n) is 6.17. The lowest BCUT2D eigenvalue weighted by Gasteiger charge is -2.41. The van der Waals surface area contributed by atoms with Gasteiger partial charge in [-0.05, 0) is 43.0 Å². The molecule has 114 valence electrons. The highest BCUT2D eigenvalue weighted by Crippen LogP contribution is 2.35. The van der Waals surface area contributed by atoms with Crippen LogP contribution in [0.25, 0.3) is 10.9 Å². The number of anilines is 1. The van der Waals surface area contributed by atoms with Crippen molar-refractivity contribution in [2.75, 3.05) is 24.5 Å². The van der Waals surface area contributed by atoms with Crippen molar-refractivity contribution in [1.29, 1.82) is 0 Å². The topological polar surface area (TPSA) is 45.2 Å². The Balaban J connectivity index is 1.70. The summed E-state index contributed by atoms with van der Waals surface area (Å²) in [4.78, 5) is 18.9. The zero-order valence-corrected chi connectivity index (χ0v) is 13.0. The van der Waals surface area contributed by atoms with Crippen molar-refractivity contribution in [2.45, 2.75) is 12.8 Å². The van der Waals surface area contributed by atoms with Gasteiger partial charge >= 0.3 is 0 Å². The van der Waals surface area contributed by atoms with E-state index in [-0.39, 0.29) is 11.8 Å². The van der Waals surface area contributed by atoms with E-state index in [0.717, 1.165) is 49.1 Å². The van der Waals surface area contributed by atoms with Gasteiger partial charge < -0.3 is 10.2 Å². The second kappa shape index (κ2) is 5.43. The SMILES string of the molecule is O=C1NCC[C@H]2CCN(c3ccnc4ccc(Cl)cc34)C[C@@H]12. The minimum atomic E-state index is 0.102. The fourth-order valence-corrected chi connectivity index (χ4v) is 3.93. The van der Waals surface area contributed by atoms with Crippen LogP contribution < -0.4 is 10.2 Å². The van der Waals surface area contributed by atoms with Gasteiger partial charge in [-0.2, -0.15) is 0 Å². The molecule has 0 spiro atoms. The van der Waals surface area contributed by atoms with Crippen LogP contribution >= 0.6 is 11.6 Å². The molecule has 0 unspecified atom stereocenters. The molecule has 0 aliphatic carbocycles. The van der Waals surface area contributed by atoms with E-state index in [2.05, 4.69) is 15.2 Å². The van der Waals surface area contributed by atoms with Gasteiger partial charge in [0.25, 0.3) is 0 Å². The average molecular weight is 316 g/mol. The second-order valence-corrected chi connectivity index (χ2v) is 6.61. The van der Waals surface area contributed by atoms with Gasteiger partial charge in [-0.25, -0.2) is 0 Å². The number of halogens is 1. The fraction of sp³-hybridized carbons (Fsp3) is 0.412. The molecule has 0 bridgehead atoms. The number of pyridine rings is 1. The molecule has 1 amide bonds. The van der Waals surface area contributed by atoms with Crippen LogP contribution in [-0.2, 0) is 4.79 Å². The Labute approximate surface area is 134 Å². The molecule has 3 heterocycles. The molecular formula is C17H18ClN3O. The number of benzene rings is 1. The van der Waals surface area contributed by atoms with E-state index in [1.807, 2.05) is 30.5 Å². The van der Waals surface area contributed by atoms with Crippen molar-refractivity contribution in [1.82, 2.24) is 10.3 Å². The van der Waals surface area contributed by atoms with Crippen molar-refractivity contribution >= 4 is 34.1 Å². The van der Waals surface area contributed by atoms with E-state index in [0.29, 0.717) is 10.9 Å². The summed E-state index contributed by atoms with van der Waals surface area (Å²) in [7, 11) is 0. The molecule has 2 atom stereocenters. The monoisotopic (exact) mass is 315 g/mol. The Bertz CT molecular complexity index is 733. The third-order valence-corrected chi connectivity index (χ3v) is 5.16. The van der Waals surface area contributed by atoms with Gasteiger partial charge in [0, 0.05) is 41.9 Å². The standard InChI is InChI=1S/C17H18ClN3O/c18-12-1-2-15-13(9-12)16(4-7-19-15)21-8-5-11-3-6-20-17(22)14(11)10-21/h1-2,4,7,9,11,14H,3,5-6,8,10H2,(H,20,22)/t11-,14+/m0/s1. The highest BCUT2D eigenvalue weighted by Gasteiger charge is 2.36. The first-order valence-electron chi connectivity index (χ1n) is 7.79. The third-order valence-electron chi connectivity index (χ3n) is 4.93. The molecule has 22 heavy (non-hydrogen) atoms. The molecule has 2 aliphatic heterocycles. The number of hydrogen-bond donors (Lipinski definition) is 1. The predicted molar refractivity (Wildman–Crippen MR) is 88.2 cm³/mol. The lowest BCUT2D eigenvalue weighted by Crippen LogP contribution is -2.51. The number of nitrogens with one attached hydrogen (secondary N) is 1. The van der Waals surface area contributed by atoms with E-state index < -0.39 is 0 Å². The number of amides is 1. The van der Waals surface area contributed by atoms with E-state index in [4.69, 9.17) is 11.6 Å². The first kappa shape index (κ1) is 13.8. The normalized spacial score (nSPS) is 25.0.